The standard InChI is InChI=1S/C13H17NO4.C2H4O3/c1-2-17-12(15)8-9-14-13(16)18-10-11-6-4-3-5-7-11;3-1-2(4)5/h3-7H,2,8-10H2,1H3,(H,14,16);3H,1H2,(H,4,5). The maximum Gasteiger partial charge on any atom is 0.407 e. The zero-order chi connectivity index (χ0) is 17.5. The first kappa shape index (κ1) is 20.4. The first-order valence-electron chi connectivity index (χ1n) is 6.92. The SMILES string of the molecule is CCOC(=O)CCNC(=O)OCc1ccccc1.O=C(O)CO. The Kier molecular flexibility index (Phi) is 11.6. The van der Waals surface area contributed by atoms with Crippen LogP contribution in [0.3, 0.4) is 0 Å². The molecule has 0 saturated carbocycles. The molecule has 0 fully saturated rings. The molecule has 0 aliphatic heterocycles. The normalized spacial score (nSPS) is 9.13. The van der Waals surface area contributed by atoms with Crippen molar-refractivity contribution in [3.8, 4) is 0 Å². The number of carboxylic acid groups (broad SMARTS) is 1. The highest BCUT2D eigenvalue weighted by Crippen LogP contribution is 2.00. The van der Waals surface area contributed by atoms with E-state index in [1.54, 1.807) is 6.92 Å². The first-order valence-corrected chi connectivity index (χ1v) is 6.92. The number of esters is 1. The van der Waals surface area contributed by atoms with E-state index in [9.17, 15) is 9.59 Å². The number of hydrogen-bond donors (Lipinski definition) is 3. The minimum Gasteiger partial charge on any atom is -0.480 e. The van der Waals surface area contributed by atoms with Gasteiger partial charge in [0.2, 0.25) is 0 Å². The van der Waals surface area contributed by atoms with Gasteiger partial charge in [0.25, 0.3) is 0 Å². The van der Waals surface area contributed by atoms with Gasteiger partial charge in [-0.25, -0.2) is 9.59 Å². The Morgan fingerprint density at radius 3 is 2.26 bits per heavy atom. The van der Waals surface area contributed by atoms with E-state index in [1.807, 2.05) is 30.3 Å². The second-order valence-corrected chi connectivity index (χ2v) is 4.10. The number of ether oxygens (including phenoxy) is 2. The average molecular weight is 327 g/mol. The van der Waals surface area contributed by atoms with Crippen molar-refractivity contribution in [1.29, 1.82) is 0 Å². The Balaban J connectivity index is 0.000000841. The molecular weight excluding hydrogens is 306 g/mol. The quantitative estimate of drug-likeness (QED) is 0.637. The number of hydrogen-bond acceptors (Lipinski definition) is 6. The molecule has 0 atom stereocenters. The number of nitrogens with one attached hydrogen (secondary N) is 1. The molecule has 0 aliphatic carbocycles. The summed E-state index contributed by atoms with van der Waals surface area (Å²) >= 11 is 0. The highest BCUT2D eigenvalue weighted by molar-refractivity contribution is 5.71. The van der Waals surface area contributed by atoms with E-state index in [0.29, 0.717) is 6.61 Å². The Labute approximate surface area is 134 Å². The van der Waals surface area contributed by atoms with Gasteiger partial charge in [0.1, 0.15) is 13.2 Å². The summed E-state index contributed by atoms with van der Waals surface area (Å²) in [4.78, 5) is 31.4. The number of amides is 1. The van der Waals surface area contributed by atoms with Gasteiger partial charge in [-0.1, -0.05) is 30.3 Å². The van der Waals surface area contributed by atoms with Crippen LogP contribution in [0.4, 0.5) is 4.79 Å². The van der Waals surface area contributed by atoms with Gasteiger partial charge in [-0.3, -0.25) is 4.79 Å². The number of rotatable bonds is 7. The molecule has 0 bridgehead atoms. The van der Waals surface area contributed by atoms with Crippen molar-refractivity contribution in [2.45, 2.75) is 20.0 Å². The highest BCUT2D eigenvalue weighted by Gasteiger charge is 2.05. The number of alkyl carbamates (subject to hydrolysis) is 1. The molecule has 8 heteroatoms. The van der Waals surface area contributed by atoms with Crippen molar-refractivity contribution in [2.75, 3.05) is 19.8 Å². The molecule has 0 unspecified atom stereocenters. The second kappa shape index (κ2) is 13.1. The summed E-state index contributed by atoms with van der Waals surface area (Å²) in [7, 11) is 0. The third kappa shape index (κ3) is 12.8. The number of benzene rings is 1. The van der Waals surface area contributed by atoms with E-state index in [-0.39, 0.29) is 25.5 Å². The molecule has 3 N–H and O–H groups in total. The zero-order valence-electron chi connectivity index (χ0n) is 12.9. The monoisotopic (exact) mass is 327 g/mol. The lowest BCUT2D eigenvalue weighted by Crippen LogP contribution is -2.27. The number of carbonyl (C=O) groups excluding carboxylic acids is 2. The predicted octanol–water partition coefficient (Wildman–Crippen LogP) is 0.929. The van der Waals surface area contributed by atoms with Crippen LogP contribution >= 0.6 is 0 Å². The maximum absolute atomic E-state index is 11.3. The summed E-state index contributed by atoms with van der Waals surface area (Å²) in [5.41, 5.74) is 0.915. The Hall–Kier alpha value is -2.61. The van der Waals surface area contributed by atoms with Gasteiger partial charge in [-0.05, 0) is 12.5 Å². The number of carboxylic acids is 1. The van der Waals surface area contributed by atoms with Crippen LogP contribution in [0.25, 0.3) is 0 Å². The number of aliphatic carboxylic acids is 1. The van der Waals surface area contributed by atoms with Gasteiger partial charge in [0.15, 0.2) is 0 Å². The van der Waals surface area contributed by atoms with Crippen molar-refractivity contribution < 1.29 is 34.1 Å². The van der Waals surface area contributed by atoms with Crippen LogP contribution in [0.15, 0.2) is 30.3 Å². The molecule has 1 aromatic rings. The van der Waals surface area contributed by atoms with E-state index < -0.39 is 18.7 Å². The average Bonchev–Trinajstić information content (AvgIpc) is 2.54. The van der Waals surface area contributed by atoms with E-state index >= 15 is 0 Å². The second-order valence-electron chi connectivity index (χ2n) is 4.10. The molecule has 0 saturated heterocycles. The molecule has 23 heavy (non-hydrogen) atoms. The molecule has 8 nitrogen and oxygen atoms in total. The summed E-state index contributed by atoms with van der Waals surface area (Å²) in [6, 6.07) is 9.37. The first-order chi connectivity index (χ1) is 11.0. The highest BCUT2D eigenvalue weighted by atomic mass is 16.5. The molecule has 0 radical (unpaired) electrons. The fourth-order valence-electron chi connectivity index (χ4n) is 1.27. The number of aliphatic hydroxyl groups excluding tert-OH is 1. The zero-order valence-corrected chi connectivity index (χ0v) is 12.9. The van der Waals surface area contributed by atoms with Crippen molar-refractivity contribution in [3.63, 3.8) is 0 Å². The van der Waals surface area contributed by atoms with Crippen molar-refractivity contribution >= 4 is 18.0 Å². The lowest BCUT2D eigenvalue weighted by atomic mass is 10.2. The van der Waals surface area contributed by atoms with E-state index in [0.717, 1.165) is 5.56 Å². The molecule has 1 aromatic carbocycles. The van der Waals surface area contributed by atoms with Gasteiger partial charge in [0.05, 0.1) is 13.0 Å². The number of aliphatic hydroxyl groups is 1. The fourth-order valence-corrected chi connectivity index (χ4v) is 1.27. The van der Waals surface area contributed by atoms with Gasteiger partial charge in [-0.15, -0.1) is 0 Å². The predicted molar refractivity (Wildman–Crippen MR) is 80.6 cm³/mol. The lowest BCUT2D eigenvalue weighted by molar-refractivity contribution is -0.143. The van der Waals surface area contributed by atoms with Crippen LogP contribution in [0.1, 0.15) is 18.9 Å². The summed E-state index contributed by atoms with van der Waals surface area (Å²) in [5, 5.41) is 17.5. The Morgan fingerprint density at radius 2 is 1.74 bits per heavy atom. The van der Waals surface area contributed by atoms with Gasteiger partial charge in [0, 0.05) is 6.54 Å². The summed E-state index contributed by atoms with van der Waals surface area (Å²) in [6.45, 7) is 1.73. The topological polar surface area (TPSA) is 122 Å². The number of carbonyl (C=O) groups is 3. The molecule has 0 aromatic heterocycles. The molecule has 128 valence electrons. The van der Waals surface area contributed by atoms with Crippen LogP contribution < -0.4 is 5.32 Å². The Bertz CT molecular complexity index is 476. The molecular formula is C15H21NO7. The maximum atomic E-state index is 11.3. The molecule has 0 aliphatic rings. The van der Waals surface area contributed by atoms with Crippen molar-refractivity contribution in [2.24, 2.45) is 0 Å². The third-order valence-electron chi connectivity index (χ3n) is 2.25. The van der Waals surface area contributed by atoms with Gasteiger partial charge in [-0.2, -0.15) is 0 Å². The van der Waals surface area contributed by atoms with Crippen LogP contribution in [-0.2, 0) is 25.7 Å². The van der Waals surface area contributed by atoms with E-state index in [1.165, 1.54) is 0 Å². The summed E-state index contributed by atoms with van der Waals surface area (Å²) in [5.74, 6) is -1.52. The smallest absolute Gasteiger partial charge is 0.407 e. The van der Waals surface area contributed by atoms with E-state index in [4.69, 9.17) is 24.5 Å². The molecule has 1 rings (SSSR count). The lowest BCUT2D eigenvalue weighted by Gasteiger charge is -2.06. The van der Waals surface area contributed by atoms with Crippen LogP contribution in [-0.4, -0.2) is 48.0 Å². The van der Waals surface area contributed by atoms with Gasteiger partial charge >= 0.3 is 18.0 Å². The van der Waals surface area contributed by atoms with Crippen molar-refractivity contribution in [3.05, 3.63) is 35.9 Å². The van der Waals surface area contributed by atoms with Crippen molar-refractivity contribution in [1.82, 2.24) is 5.32 Å². The third-order valence-corrected chi connectivity index (χ3v) is 2.25. The Morgan fingerprint density at radius 1 is 1.13 bits per heavy atom. The van der Waals surface area contributed by atoms with Crippen LogP contribution in [0.5, 0.6) is 0 Å². The molecule has 0 heterocycles. The summed E-state index contributed by atoms with van der Waals surface area (Å²) in [6.07, 6.45) is -0.392. The summed E-state index contributed by atoms with van der Waals surface area (Å²) < 4.78 is 9.69. The van der Waals surface area contributed by atoms with Gasteiger partial charge < -0.3 is 25.0 Å². The minimum atomic E-state index is -1.19. The minimum absolute atomic E-state index is 0.147. The van der Waals surface area contributed by atoms with Crippen LogP contribution in [0.2, 0.25) is 0 Å². The van der Waals surface area contributed by atoms with Crippen LogP contribution in [0, 0.1) is 0 Å². The fraction of sp³-hybridized carbons (Fsp3) is 0.400. The molecule has 0 spiro atoms. The largest absolute Gasteiger partial charge is 0.480 e. The molecule has 1 amide bonds. The van der Waals surface area contributed by atoms with E-state index in [2.05, 4.69) is 5.32 Å².